The molecule has 0 aliphatic heterocycles. The molecule has 0 spiro atoms. The highest BCUT2D eigenvalue weighted by Gasteiger charge is 2.14. The molecule has 5 heteroatoms. The van der Waals surface area contributed by atoms with Gasteiger partial charge in [-0.3, -0.25) is 4.79 Å². The summed E-state index contributed by atoms with van der Waals surface area (Å²) < 4.78 is 6.59. The van der Waals surface area contributed by atoms with Gasteiger partial charge in [0.1, 0.15) is 5.69 Å². The second-order valence-electron chi connectivity index (χ2n) is 4.68. The van der Waals surface area contributed by atoms with Gasteiger partial charge in [-0.2, -0.15) is 0 Å². The summed E-state index contributed by atoms with van der Waals surface area (Å²) in [5.41, 5.74) is 0.430. The van der Waals surface area contributed by atoms with Crippen LogP contribution in [0.2, 0.25) is 0 Å². The van der Waals surface area contributed by atoms with Gasteiger partial charge in [-0.25, -0.2) is 4.79 Å². The van der Waals surface area contributed by atoms with Crippen molar-refractivity contribution in [3.05, 3.63) is 24.0 Å². The van der Waals surface area contributed by atoms with Gasteiger partial charge >= 0.3 is 5.97 Å². The molecule has 1 N–H and O–H groups in total. The Bertz CT molecular complexity index is 424. The molecule has 1 amide bonds. The highest BCUT2D eigenvalue weighted by atomic mass is 16.5. The van der Waals surface area contributed by atoms with Gasteiger partial charge in [0.25, 0.3) is 5.91 Å². The van der Waals surface area contributed by atoms with E-state index in [-0.39, 0.29) is 18.6 Å². The number of hydrogen-bond acceptors (Lipinski definition) is 3. The van der Waals surface area contributed by atoms with E-state index in [2.05, 4.69) is 5.32 Å². The van der Waals surface area contributed by atoms with Gasteiger partial charge in [-0.15, -0.1) is 0 Å². The van der Waals surface area contributed by atoms with Crippen molar-refractivity contribution in [2.24, 2.45) is 13.0 Å². The molecular weight excluding hydrogens is 232 g/mol. The van der Waals surface area contributed by atoms with E-state index < -0.39 is 5.97 Å². The van der Waals surface area contributed by atoms with E-state index in [0.717, 1.165) is 0 Å². The van der Waals surface area contributed by atoms with E-state index in [1.807, 2.05) is 20.8 Å². The van der Waals surface area contributed by atoms with Crippen LogP contribution in [0.15, 0.2) is 18.3 Å². The third-order valence-corrected chi connectivity index (χ3v) is 2.88. The van der Waals surface area contributed by atoms with E-state index in [1.54, 1.807) is 29.9 Å². The van der Waals surface area contributed by atoms with Crippen LogP contribution in [0.25, 0.3) is 0 Å². The molecule has 18 heavy (non-hydrogen) atoms. The van der Waals surface area contributed by atoms with Crippen molar-refractivity contribution < 1.29 is 14.3 Å². The Kier molecular flexibility index (Phi) is 4.95. The number of aromatic nitrogens is 1. The molecule has 5 nitrogen and oxygen atoms in total. The number of nitrogens with zero attached hydrogens (tertiary/aromatic N) is 1. The Hall–Kier alpha value is -1.78. The summed E-state index contributed by atoms with van der Waals surface area (Å²) >= 11 is 0. The molecule has 100 valence electrons. The van der Waals surface area contributed by atoms with Crippen LogP contribution in [-0.4, -0.2) is 29.1 Å². The van der Waals surface area contributed by atoms with E-state index >= 15 is 0 Å². The van der Waals surface area contributed by atoms with Gasteiger partial charge in [0.2, 0.25) is 0 Å². The zero-order chi connectivity index (χ0) is 13.7. The normalized spacial score (nSPS) is 12.3. The van der Waals surface area contributed by atoms with Gasteiger partial charge in [0.05, 0.1) is 0 Å². The van der Waals surface area contributed by atoms with Crippen LogP contribution in [0, 0.1) is 5.92 Å². The first-order valence-corrected chi connectivity index (χ1v) is 5.99. The van der Waals surface area contributed by atoms with E-state index in [1.165, 1.54) is 0 Å². The van der Waals surface area contributed by atoms with Crippen molar-refractivity contribution in [3.8, 4) is 0 Å². The van der Waals surface area contributed by atoms with Crippen LogP contribution in [0.3, 0.4) is 0 Å². The average Bonchev–Trinajstić information content (AvgIpc) is 2.72. The van der Waals surface area contributed by atoms with Crippen LogP contribution in [0.1, 0.15) is 31.3 Å². The number of carbonyl (C=O) groups is 2. The fourth-order valence-corrected chi connectivity index (χ4v) is 1.34. The molecule has 1 aromatic heterocycles. The summed E-state index contributed by atoms with van der Waals surface area (Å²) in [5.74, 6) is -0.425. The van der Waals surface area contributed by atoms with Gasteiger partial charge in [0, 0.05) is 19.3 Å². The Labute approximate surface area is 107 Å². The lowest BCUT2D eigenvalue weighted by molar-refractivity contribution is -0.125. The van der Waals surface area contributed by atoms with Crippen molar-refractivity contribution in [1.29, 1.82) is 0 Å². The first-order chi connectivity index (χ1) is 8.41. The minimum absolute atomic E-state index is 0.0613. The average molecular weight is 252 g/mol. The second kappa shape index (κ2) is 6.23. The zero-order valence-corrected chi connectivity index (χ0v) is 11.3. The molecule has 0 saturated heterocycles. The molecule has 0 aliphatic rings. The number of nitrogens with one attached hydrogen (secondary N) is 1. The monoisotopic (exact) mass is 252 g/mol. The zero-order valence-electron chi connectivity index (χ0n) is 11.3. The molecule has 0 aromatic carbocycles. The highest BCUT2D eigenvalue weighted by Crippen LogP contribution is 2.02. The van der Waals surface area contributed by atoms with Gasteiger partial charge in [-0.1, -0.05) is 13.8 Å². The Balaban J connectivity index is 2.40. The quantitative estimate of drug-likeness (QED) is 0.804. The van der Waals surface area contributed by atoms with Crippen LogP contribution in [0.5, 0.6) is 0 Å². The number of rotatable bonds is 5. The maximum Gasteiger partial charge on any atom is 0.355 e. The molecule has 1 heterocycles. The largest absolute Gasteiger partial charge is 0.451 e. The summed E-state index contributed by atoms with van der Waals surface area (Å²) in [6.07, 6.45) is 1.75. The lowest BCUT2D eigenvalue weighted by Gasteiger charge is -2.17. The number of ether oxygens (including phenoxy) is 1. The summed E-state index contributed by atoms with van der Waals surface area (Å²) in [7, 11) is 1.75. The van der Waals surface area contributed by atoms with Gasteiger partial charge in [-0.05, 0) is 25.0 Å². The molecule has 1 rings (SSSR count). The topological polar surface area (TPSA) is 60.3 Å². The van der Waals surface area contributed by atoms with Crippen molar-refractivity contribution in [1.82, 2.24) is 9.88 Å². The number of amides is 1. The van der Waals surface area contributed by atoms with Crippen LogP contribution in [-0.2, 0) is 16.6 Å². The first-order valence-electron chi connectivity index (χ1n) is 5.99. The lowest BCUT2D eigenvalue weighted by atomic mass is 10.1. The van der Waals surface area contributed by atoms with E-state index in [0.29, 0.717) is 11.6 Å². The van der Waals surface area contributed by atoms with Crippen molar-refractivity contribution in [2.45, 2.75) is 26.8 Å². The minimum Gasteiger partial charge on any atom is -0.451 e. The van der Waals surface area contributed by atoms with Crippen molar-refractivity contribution >= 4 is 11.9 Å². The van der Waals surface area contributed by atoms with Crippen LogP contribution >= 0.6 is 0 Å². The smallest absolute Gasteiger partial charge is 0.355 e. The van der Waals surface area contributed by atoms with Crippen molar-refractivity contribution in [2.75, 3.05) is 6.61 Å². The maximum atomic E-state index is 11.6. The van der Waals surface area contributed by atoms with E-state index in [4.69, 9.17) is 4.74 Å². The molecule has 0 radical (unpaired) electrons. The SMILES string of the molecule is CC(C)[C@H](C)NC(=O)COC(=O)c1cccn1C. The number of esters is 1. The fraction of sp³-hybridized carbons (Fsp3) is 0.538. The molecule has 1 aromatic rings. The molecule has 0 fully saturated rings. The molecule has 0 bridgehead atoms. The molecule has 1 atom stereocenters. The summed E-state index contributed by atoms with van der Waals surface area (Å²) in [5, 5.41) is 2.77. The summed E-state index contributed by atoms with van der Waals surface area (Å²) in [6.45, 7) is 5.70. The van der Waals surface area contributed by atoms with Crippen LogP contribution < -0.4 is 5.32 Å². The number of carbonyl (C=O) groups excluding carboxylic acids is 2. The molecule has 0 unspecified atom stereocenters. The fourth-order valence-electron chi connectivity index (χ4n) is 1.34. The Morgan fingerprint density at radius 3 is 2.56 bits per heavy atom. The third-order valence-electron chi connectivity index (χ3n) is 2.88. The summed E-state index contributed by atoms with van der Waals surface area (Å²) in [6, 6.07) is 3.46. The minimum atomic E-state index is -0.491. The Morgan fingerprint density at radius 2 is 2.06 bits per heavy atom. The maximum absolute atomic E-state index is 11.6. The second-order valence-corrected chi connectivity index (χ2v) is 4.68. The highest BCUT2D eigenvalue weighted by molar-refractivity contribution is 5.89. The summed E-state index contributed by atoms with van der Waals surface area (Å²) in [4.78, 5) is 23.1. The van der Waals surface area contributed by atoms with E-state index in [9.17, 15) is 9.59 Å². The number of hydrogen-bond donors (Lipinski definition) is 1. The predicted molar refractivity (Wildman–Crippen MR) is 68.1 cm³/mol. The molecular formula is C13H20N2O3. The molecule has 0 aliphatic carbocycles. The van der Waals surface area contributed by atoms with Gasteiger partial charge < -0.3 is 14.6 Å². The predicted octanol–water partition coefficient (Wildman–Crippen LogP) is 1.34. The number of aryl methyl sites for hydroxylation is 1. The van der Waals surface area contributed by atoms with Crippen molar-refractivity contribution in [3.63, 3.8) is 0 Å². The third kappa shape index (κ3) is 3.91. The standard InChI is InChI=1S/C13H20N2O3/c1-9(2)10(3)14-12(16)8-18-13(17)11-6-5-7-15(11)4/h5-7,9-10H,8H2,1-4H3,(H,14,16)/t10-/m0/s1. The first kappa shape index (κ1) is 14.3. The molecule has 0 saturated carbocycles. The van der Waals surface area contributed by atoms with Crippen LogP contribution in [0.4, 0.5) is 0 Å². The Morgan fingerprint density at radius 1 is 1.39 bits per heavy atom. The van der Waals surface area contributed by atoms with Gasteiger partial charge in [0.15, 0.2) is 6.61 Å². The lowest BCUT2D eigenvalue weighted by Crippen LogP contribution is -2.38.